The summed E-state index contributed by atoms with van der Waals surface area (Å²) in [6, 6.07) is 13.2. The second-order valence-corrected chi connectivity index (χ2v) is 6.12. The van der Waals surface area contributed by atoms with Crippen LogP contribution in [-0.2, 0) is 17.6 Å². The van der Waals surface area contributed by atoms with Crippen molar-refractivity contribution < 1.29 is 14.6 Å². The molecule has 1 heterocycles. The fourth-order valence-electron chi connectivity index (χ4n) is 3.02. The van der Waals surface area contributed by atoms with Gasteiger partial charge in [-0.3, -0.25) is 4.79 Å². The molecule has 2 aromatic carbocycles. The summed E-state index contributed by atoms with van der Waals surface area (Å²) < 4.78 is 5.91. The van der Waals surface area contributed by atoms with Crippen molar-refractivity contribution in [2.24, 2.45) is 0 Å². The number of benzene rings is 2. The predicted molar refractivity (Wildman–Crippen MR) is 94.7 cm³/mol. The zero-order chi connectivity index (χ0) is 17.1. The number of carbonyl (C=O) groups is 1. The van der Waals surface area contributed by atoms with Gasteiger partial charge in [0.25, 0.3) is 5.91 Å². The van der Waals surface area contributed by atoms with Crippen LogP contribution >= 0.6 is 0 Å². The van der Waals surface area contributed by atoms with Crippen LogP contribution in [0.25, 0.3) is 0 Å². The number of fused-ring (bicyclic) bond motifs is 1. The van der Waals surface area contributed by atoms with Gasteiger partial charge in [-0.25, -0.2) is 0 Å². The van der Waals surface area contributed by atoms with Gasteiger partial charge in [0.1, 0.15) is 11.5 Å². The number of phenolic OH excluding ortho intramolecular Hbond substituents is 1. The molecule has 0 bridgehead atoms. The number of carbonyl (C=O) groups excluding carboxylic acids is 1. The highest BCUT2D eigenvalue weighted by atomic mass is 16.5. The second kappa shape index (κ2) is 6.95. The zero-order valence-corrected chi connectivity index (χ0v) is 14.2. The van der Waals surface area contributed by atoms with Crippen molar-refractivity contribution in [3.8, 4) is 11.5 Å². The van der Waals surface area contributed by atoms with E-state index in [1.807, 2.05) is 6.92 Å². The van der Waals surface area contributed by atoms with E-state index in [0.29, 0.717) is 18.7 Å². The van der Waals surface area contributed by atoms with Crippen LogP contribution in [-0.4, -0.2) is 23.7 Å². The van der Waals surface area contributed by atoms with Crippen molar-refractivity contribution in [2.75, 3.05) is 11.4 Å². The lowest BCUT2D eigenvalue weighted by Crippen LogP contribution is -2.47. The maximum absolute atomic E-state index is 12.8. The van der Waals surface area contributed by atoms with Gasteiger partial charge in [0.2, 0.25) is 0 Å². The standard InChI is InChI=1S/C20H23NO3/c1-3-11-21-17-10-9-16(22)13-18(17)24-19(20(21)23)12-15-7-5-14(4-2)6-8-15/h5-10,13,19,22H,3-4,11-12H2,1-2H3. The molecule has 2 aromatic rings. The van der Waals surface area contributed by atoms with Gasteiger partial charge in [0, 0.05) is 19.0 Å². The summed E-state index contributed by atoms with van der Waals surface area (Å²) in [6.45, 7) is 4.81. The quantitative estimate of drug-likeness (QED) is 0.912. The molecule has 0 saturated carbocycles. The Kier molecular flexibility index (Phi) is 4.74. The van der Waals surface area contributed by atoms with Gasteiger partial charge in [-0.1, -0.05) is 38.1 Å². The summed E-state index contributed by atoms with van der Waals surface area (Å²) in [7, 11) is 0. The molecule has 0 aromatic heterocycles. The Morgan fingerprint density at radius 2 is 1.79 bits per heavy atom. The number of amides is 1. The van der Waals surface area contributed by atoms with Crippen LogP contribution in [0.5, 0.6) is 11.5 Å². The van der Waals surface area contributed by atoms with Crippen molar-refractivity contribution >= 4 is 11.6 Å². The summed E-state index contributed by atoms with van der Waals surface area (Å²) in [4.78, 5) is 14.6. The van der Waals surface area contributed by atoms with Crippen molar-refractivity contribution in [3.63, 3.8) is 0 Å². The third-order valence-corrected chi connectivity index (χ3v) is 4.34. The molecule has 4 heteroatoms. The normalized spacial score (nSPS) is 16.7. The molecule has 0 radical (unpaired) electrons. The minimum Gasteiger partial charge on any atom is -0.508 e. The monoisotopic (exact) mass is 325 g/mol. The zero-order valence-electron chi connectivity index (χ0n) is 14.2. The number of hydrogen-bond acceptors (Lipinski definition) is 3. The van der Waals surface area contributed by atoms with Gasteiger partial charge in [-0.05, 0) is 36.1 Å². The molecule has 1 unspecified atom stereocenters. The van der Waals surface area contributed by atoms with Crippen molar-refractivity contribution in [1.82, 2.24) is 0 Å². The molecule has 1 N–H and O–H groups in total. The highest BCUT2D eigenvalue weighted by Crippen LogP contribution is 2.37. The number of aromatic hydroxyl groups is 1. The van der Waals surface area contributed by atoms with E-state index in [2.05, 4.69) is 31.2 Å². The number of rotatable bonds is 5. The molecule has 1 atom stereocenters. The molecule has 0 aliphatic carbocycles. The molecule has 1 aliphatic heterocycles. The third kappa shape index (κ3) is 3.23. The summed E-state index contributed by atoms with van der Waals surface area (Å²) in [6.07, 6.45) is 1.83. The van der Waals surface area contributed by atoms with E-state index in [4.69, 9.17) is 4.74 Å². The molecule has 4 nitrogen and oxygen atoms in total. The molecule has 0 fully saturated rings. The Balaban J connectivity index is 1.87. The van der Waals surface area contributed by atoms with Crippen LogP contribution in [0.4, 0.5) is 5.69 Å². The van der Waals surface area contributed by atoms with Gasteiger partial charge < -0.3 is 14.7 Å². The molecule has 24 heavy (non-hydrogen) atoms. The van der Waals surface area contributed by atoms with Gasteiger partial charge in [-0.15, -0.1) is 0 Å². The van der Waals surface area contributed by atoms with E-state index in [9.17, 15) is 9.90 Å². The van der Waals surface area contributed by atoms with Crippen molar-refractivity contribution in [3.05, 3.63) is 53.6 Å². The number of ether oxygens (including phenoxy) is 1. The largest absolute Gasteiger partial charge is 0.508 e. The Morgan fingerprint density at radius 1 is 1.08 bits per heavy atom. The lowest BCUT2D eigenvalue weighted by Gasteiger charge is -2.34. The maximum atomic E-state index is 12.8. The predicted octanol–water partition coefficient (Wildman–Crippen LogP) is 3.70. The lowest BCUT2D eigenvalue weighted by molar-refractivity contribution is -0.126. The first-order valence-electron chi connectivity index (χ1n) is 8.51. The number of hydrogen-bond donors (Lipinski definition) is 1. The van der Waals surface area contributed by atoms with Crippen LogP contribution in [0, 0.1) is 0 Å². The number of anilines is 1. The Bertz CT molecular complexity index is 724. The first-order chi connectivity index (χ1) is 11.6. The molecule has 126 valence electrons. The van der Waals surface area contributed by atoms with Gasteiger partial charge in [0.15, 0.2) is 6.10 Å². The summed E-state index contributed by atoms with van der Waals surface area (Å²) >= 11 is 0. The van der Waals surface area contributed by atoms with Crippen LogP contribution in [0.1, 0.15) is 31.4 Å². The number of phenols is 1. The van der Waals surface area contributed by atoms with Gasteiger partial charge in [-0.2, -0.15) is 0 Å². The Morgan fingerprint density at radius 3 is 2.46 bits per heavy atom. The summed E-state index contributed by atoms with van der Waals surface area (Å²) in [5, 5.41) is 9.72. The third-order valence-electron chi connectivity index (χ3n) is 4.34. The number of nitrogens with zero attached hydrogens (tertiary/aromatic N) is 1. The summed E-state index contributed by atoms with van der Waals surface area (Å²) in [5.41, 5.74) is 3.08. The minimum absolute atomic E-state index is 0.0189. The number of aryl methyl sites for hydroxylation is 1. The average Bonchev–Trinajstić information content (AvgIpc) is 2.59. The Hall–Kier alpha value is -2.49. The van der Waals surface area contributed by atoms with E-state index in [-0.39, 0.29) is 11.7 Å². The van der Waals surface area contributed by atoms with Crippen LogP contribution < -0.4 is 9.64 Å². The van der Waals surface area contributed by atoms with Crippen LogP contribution in [0.3, 0.4) is 0 Å². The summed E-state index contributed by atoms with van der Waals surface area (Å²) in [5.74, 6) is 0.693. The first-order valence-corrected chi connectivity index (χ1v) is 8.51. The van der Waals surface area contributed by atoms with E-state index in [1.54, 1.807) is 23.1 Å². The van der Waals surface area contributed by atoms with E-state index in [1.165, 1.54) is 5.56 Å². The average molecular weight is 325 g/mol. The SMILES string of the molecule is CCCN1C(=O)C(Cc2ccc(CC)cc2)Oc2cc(O)ccc21. The molecular weight excluding hydrogens is 302 g/mol. The molecule has 0 spiro atoms. The van der Waals surface area contributed by atoms with Gasteiger partial charge in [0.05, 0.1) is 5.69 Å². The fraction of sp³-hybridized carbons (Fsp3) is 0.350. The van der Waals surface area contributed by atoms with Gasteiger partial charge >= 0.3 is 0 Å². The highest BCUT2D eigenvalue weighted by Gasteiger charge is 2.34. The highest BCUT2D eigenvalue weighted by molar-refractivity contribution is 6.00. The molecular formula is C20H23NO3. The molecule has 3 rings (SSSR count). The lowest BCUT2D eigenvalue weighted by atomic mass is 10.0. The topological polar surface area (TPSA) is 49.8 Å². The van der Waals surface area contributed by atoms with Crippen molar-refractivity contribution in [1.29, 1.82) is 0 Å². The maximum Gasteiger partial charge on any atom is 0.268 e. The van der Waals surface area contributed by atoms with Crippen LogP contribution in [0.15, 0.2) is 42.5 Å². The molecule has 1 amide bonds. The van der Waals surface area contributed by atoms with Crippen LogP contribution in [0.2, 0.25) is 0 Å². The smallest absolute Gasteiger partial charge is 0.268 e. The fourth-order valence-corrected chi connectivity index (χ4v) is 3.02. The minimum atomic E-state index is -0.557. The van der Waals surface area contributed by atoms with E-state index >= 15 is 0 Å². The first kappa shape index (κ1) is 16.4. The Labute approximate surface area is 142 Å². The second-order valence-electron chi connectivity index (χ2n) is 6.12. The van der Waals surface area contributed by atoms with E-state index < -0.39 is 6.10 Å². The molecule has 1 aliphatic rings. The van der Waals surface area contributed by atoms with E-state index in [0.717, 1.165) is 24.1 Å². The van der Waals surface area contributed by atoms with Crippen molar-refractivity contribution in [2.45, 2.75) is 39.2 Å². The molecule has 0 saturated heterocycles.